The summed E-state index contributed by atoms with van der Waals surface area (Å²) >= 11 is 0. The van der Waals surface area contributed by atoms with Gasteiger partial charge in [-0.25, -0.2) is 0 Å². The first-order valence-electron chi connectivity index (χ1n) is 5.88. The zero-order valence-corrected chi connectivity index (χ0v) is 10.1. The molecule has 1 N–H and O–H groups in total. The second-order valence-corrected chi connectivity index (χ2v) is 3.49. The van der Waals surface area contributed by atoms with E-state index in [1.165, 1.54) is 19.3 Å². The Kier molecular flexibility index (Phi) is 12.2. The molecule has 1 heterocycles. The van der Waals surface area contributed by atoms with Crippen LogP contribution in [0.15, 0.2) is 62.0 Å². The molecule has 0 spiro atoms. The second kappa shape index (κ2) is 13.5. The van der Waals surface area contributed by atoms with Crippen molar-refractivity contribution in [1.29, 1.82) is 0 Å². The summed E-state index contributed by atoms with van der Waals surface area (Å²) in [5.74, 6) is 0. The van der Waals surface area contributed by atoms with Crippen molar-refractivity contribution < 1.29 is 0 Å². The third-order valence-electron chi connectivity index (χ3n) is 2.03. The van der Waals surface area contributed by atoms with E-state index in [1.54, 1.807) is 0 Å². The maximum absolute atomic E-state index is 3.66. The van der Waals surface area contributed by atoms with Crippen LogP contribution < -0.4 is 5.32 Å². The fourth-order valence-corrected chi connectivity index (χ4v) is 1.16. The predicted molar refractivity (Wildman–Crippen MR) is 74.0 cm³/mol. The largest absolute Gasteiger partial charge is 0.368 e. The van der Waals surface area contributed by atoms with E-state index in [1.807, 2.05) is 48.9 Å². The molecule has 0 saturated carbocycles. The highest BCUT2D eigenvalue weighted by molar-refractivity contribution is 5.14. The van der Waals surface area contributed by atoms with E-state index < -0.39 is 0 Å². The van der Waals surface area contributed by atoms with Gasteiger partial charge in [-0.15, -0.1) is 13.2 Å². The Labute approximate surface area is 100.0 Å². The van der Waals surface area contributed by atoms with Crippen molar-refractivity contribution >= 4 is 0 Å². The molecule has 0 aromatic rings. The second-order valence-electron chi connectivity index (χ2n) is 3.49. The Morgan fingerprint density at radius 1 is 0.750 bits per heavy atom. The van der Waals surface area contributed by atoms with Crippen molar-refractivity contribution in [3.05, 3.63) is 62.0 Å². The Morgan fingerprint density at radius 3 is 1.69 bits per heavy atom. The van der Waals surface area contributed by atoms with Crippen molar-refractivity contribution in [2.45, 2.75) is 32.1 Å². The molecule has 1 rings (SSSR count). The number of unbranched alkanes of at least 4 members (excludes halogenated alkanes) is 4. The summed E-state index contributed by atoms with van der Waals surface area (Å²) in [6.45, 7) is 7.32. The molecule has 0 saturated heterocycles. The lowest BCUT2D eigenvalue weighted by Gasteiger charge is -1.92. The van der Waals surface area contributed by atoms with Gasteiger partial charge in [0, 0.05) is 12.4 Å². The summed E-state index contributed by atoms with van der Waals surface area (Å²) in [6, 6.07) is 0. The summed E-state index contributed by atoms with van der Waals surface area (Å²) in [7, 11) is 0. The van der Waals surface area contributed by atoms with E-state index >= 15 is 0 Å². The van der Waals surface area contributed by atoms with Crippen LogP contribution in [0.1, 0.15) is 32.1 Å². The van der Waals surface area contributed by atoms with E-state index in [4.69, 9.17) is 0 Å². The summed E-state index contributed by atoms with van der Waals surface area (Å²) in [6.07, 6.45) is 21.8. The topological polar surface area (TPSA) is 12.0 Å². The highest BCUT2D eigenvalue weighted by Crippen LogP contribution is 2.02. The van der Waals surface area contributed by atoms with Gasteiger partial charge in [0.15, 0.2) is 0 Å². The maximum atomic E-state index is 3.66. The van der Waals surface area contributed by atoms with Gasteiger partial charge in [0.1, 0.15) is 0 Å². The van der Waals surface area contributed by atoms with E-state index in [0.717, 1.165) is 12.8 Å². The van der Waals surface area contributed by atoms with Crippen LogP contribution in [0.25, 0.3) is 0 Å². The monoisotopic (exact) mass is 217 g/mol. The van der Waals surface area contributed by atoms with Crippen LogP contribution in [0.5, 0.6) is 0 Å². The van der Waals surface area contributed by atoms with Crippen molar-refractivity contribution in [3.8, 4) is 0 Å². The van der Waals surface area contributed by atoms with E-state index in [0.29, 0.717) is 0 Å². The molecule has 1 heteroatoms. The number of nitrogens with one attached hydrogen (secondary N) is 1. The molecule has 16 heavy (non-hydrogen) atoms. The predicted octanol–water partition coefficient (Wildman–Crippen LogP) is 4.48. The highest BCUT2D eigenvalue weighted by Gasteiger charge is 1.82. The van der Waals surface area contributed by atoms with Gasteiger partial charge in [-0.3, -0.25) is 0 Å². The minimum absolute atomic E-state index is 1.16. The molecule has 0 atom stereocenters. The molecule has 0 unspecified atom stereocenters. The molecular weight excluding hydrogens is 194 g/mol. The highest BCUT2D eigenvalue weighted by atomic mass is 14.8. The van der Waals surface area contributed by atoms with Gasteiger partial charge in [0.25, 0.3) is 0 Å². The third kappa shape index (κ3) is 12.5. The molecule has 0 radical (unpaired) electrons. The van der Waals surface area contributed by atoms with Gasteiger partial charge in [-0.2, -0.15) is 0 Å². The van der Waals surface area contributed by atoms with Crippen LogP contribution in [-0.2, 0) is 0 Å². The van der Waals surface area contributed by atoms with E-state index in [9.17, 15) is 0 Å². The number of hydrogen-bond donors (Lipinski definition) is 1. The van der Waals surface area contributed by atoms with Gasteiger partial charge >= 0.3 is 0 Å². The lowest BCUT2D eigenvalue weighted by Crippen LogP contribution is -1.87. The van der Waals surface area contributed by atoms with Gasteiger partial charge in [-0.1, -0.05) is 30.7 Å². The first-order chi connectivity index (χ1) is 7.91. The smallest absolute Gasteiger partial charge is 0.000442 e. The molecule has 0 amide bonds. The fourth-order valence-electron chi connectivity index (χ4n) is 1.16. The summed E-state index contributed by atoms with van der Waals surface area (Å²) in [5, 5.41) is 2.92. The van der Waals surface area contributed by atoms with Crippen LogP contribution in [0.4, 0.5) is 0 Å². The fraction of sp³-hybridized carbons (Fsp3) is 0.333. The van der Waals surface area contributed by atoms with Crippen LogP contribution in [0.3, 0.4) is 0 Å². The molecule has 1 aliphatic heterocycles. The van der Waals surface area contributed by atoms with E-state index in [2.05, 4.69) is 18.5 Å². The first-order valence-corrected chi connectivity index (χ1v) is 5.88. The standard InChI is InChI=1S/C9H16.C6H7N/c1-3-5-7-9-8-6-4-2;1-2-4-6-7-5-3-1/h3-4H,1-2,5-9H2;1-7H. The van der Waals surface area contributed by atoms with Gasteiger partial charge in [0.05, 0.1) is 0 Å². The van der Waals surface area contributed by atoms with Gasteiger partial charge < -0.3 is 5.32 Å². The zero-order chi connectivity index (χ0) is 11.9. The molecule has 0 bridgehead atoms. The van der Waals surface area contributed by atoms with Crippen LogP contribution in [0.2, 0.25) is 0 Å². The first kappa shape index (κ1) is 14.5. The SMILES string of the molecule is C1=CC=CNC=C1.C=CCCCCCC=C. The number of hydrogen-bond acceptors (Lipinski definition) is 1. The third-order valence-corrected chi connectivity index (χ3v) is 2.03. The number of rotatable bonds is 6. The normalized spacial score (nSPS) is 12.0. The van der Waals surface area contributed by atoms with Crippen molar-refractivity contribution in [2.24, 2.45) is 0 Å². The van der Waals surface area contributed by atoms with Crippen LogP contribution in [0, 0.1) is 0 Å². The lowest BCUT2D eigenvalue weighted by atomic mass is 10.1. The Balaban J connectivity index is 0.000000288. The summed E-state index contributed by atoms with van der Waals surface area (Å²) < 4.78 is 0. The van der Waals surface area contributed by atoms with E-state index in [-0.39, 0.29) is 0 Å². The molecule has 88 valence electrons. The van der Waals surface area contributed by atoms with Crippen molar-refractivity contribution in [2.75, 3.05) is 0 Å². The minimum Gasteiger partial charge on any atom is -0.368 e. The molecule has 0 fully saturated rings. The average Bonchev–Trinajstić information content (AvgIpc) is 2.62. The molecule has 1 nitrogen and oxygen atoms in total. The summed E-state index contributed by atoms with van der Waals surface area (Å²) in [4.78, 5) is 0. The Morgan fingerprint density at radius 2 is 1.25 bits per heavy atom. The average molecular weight is 217 g/mol. The van der Waals surface area contributed by atoms with Crippen molar-refractivity contribution in [1.82, 2.24) is 5.32 Å². The minimum atomic E-state index is 1.16. The quantitative estimate of drug-likeness (QED) is 0.511. The Hall–Kier alpha value is -1.50. The summed E-state index contributed by atoms with van der Waals surface area (Å²) in [5.41, 5.74) is 0. The lowest BCUT2D eigenvalue weighted by molar-refractivity contribution is 0.697. The zero-order valence-electron chi connectivity index (χ0n) is 10.1. The maximum Gasteiger partial charge on any atom is 0.000442 e. The number of allylic oxidation sites excluding steroid dienone is 6. The molecular formula is C15H23N. The molecule has 0 aromatic heterocycles. The van der Waals surface area contributed by atoms with Gasteiger partial charge in [-0.05, 0) is 37.8 Å². The molecule has 0 aromatic carbocycles. The molecule has 0 aliphatic carbocycles. The van der Waals surface area contributed by atoms with Crippen LogP contribution >= 0.6 is 0 Å². The Bertz CT molecular complexity index is 222. The van der Waals surface area contributed by atoms with Gasteiger partial charge in [0.2, 0.25) is 0 Å². The molecule has 1 aliphatic rings. The van der Waals surface area contributed by atoms with Crippen molar-refractivity contribution in [3.63, 3.8) is 0 Å². The van der Waals surface area contributed by atoms with Crippen LogP contribution in [-0.4, -0.2) is 0 Å².